The lowest BCUT2D eigenvalue weighted by molar-refractivity contribution is 0.248. The van der Waals surface area contributed by atoms with Gasteiger partial charge in [0.25, 0.3) is 0 Å². The van der Waals surface area contributed by atoms with Crippen molar-refractivity contribution >= 4 is 5.84 Å². The lowest BCUT2D eigenvalue weighted by Gasteiger charge is -2.21. The molecule has 0 atom stereocenters. The lowest BCUT2D eigenvalue weighted by atomic mass is 10.3. The monoisotopic (exact) mass is 252 g/mol. The molecule has 3 N–H and O–H groups in total. The van der Waals surface area contributed by atoms with Crippen molar-refractivity contribution in [2.75, 3.05) is 6.54 Å². The average molecular weight is 252 g/mol. The van der Waals surface area contributed by atoms with E-state index in [0.29, 0.717) is 12.5 Å². The van der Waals surface area contributed by atoms with Crippen LogP contribution in [0.2, 0.25) is 0 Å². The zero-order chi connectivity index (χ0) is 13.0. The van der Waals surface area contributed by atoms with Gasteiger partial charge in [0.1, 0.15) is 18.0 Å². The van der Waals surface area contributed by atoms with Gasteiger partial charge in [-0.2, -0.15) is 5.10 Å². The Balaban J connectivity index is 1.94. The Morgan fingerprint density at radius 2 is 2.44 bits per heavy atom. The van der Waals surface area contributed by atoms with Crippen LogP contribution in [-0.4, -0.2) is 43.3 Å². The molecular weight excluding hydrogens is 232 g/mol. The summed E-state index contributed by atoms with van der Waals surface area (Å²) in [7, 11) is 0. The lowest BCUT2D eigenvalue weighted by Crippen LogP contribution is -2.31. The molecule has 18 heavy (non-hydrogen) atoms. The zero-order valence-corrected chi connectivity index (χ0v) is 10.7. The van der Waals surface area contributed by atoms with Crippen LogP contribution in [0.25, 0.3) is 0 Å². The van der Waals surface area contributed by atoms with Crippen LogP contribution in [0.15, 0.2) is 11.5 Å². The standard InChI is InChI=1S/C11H20N6O/c1-2-17-11(13-8-14-17)7-16(9-3-4-9)6-5-10(12)15-18/h8-9,18H,2-7H2,1H3,(H2,12,15). The Labute approximate surface area is 106 Å². The molecule has 1 aromatic rings. The fourth-order valence-corrected chi connectivity index (χ4v) is 1.99. The highest BCUT2D eigenvalue weighted by atomic mass is 16.4. The van der Waals surface area contributed by atoms with Crippen molar-refractivity contribution < 1.29 is 5.21 Å². The Kier molecular flexibility index (Phi) is 4.14. The minimum absolute atomic E-state index is 0.276. The van der Waals surface area contributed by atoms with Crippen LogP contribution in [0.5, 0.6) is 0 Å². The van der Waals surface area contributed by atoms with Crippen molar-refractivity contribution in [3.05, 3.63) is 12.2 Å². The van der Waals surface area contributed by atoms with Crippen LogP contribution in [-0.2, 0) is 13.1 Å². The highest BCUT2D eigenvalue weighted by molar-refractivity contribution is 5.79. The number of aryl methyl sites for hydroxylation is 1. The summed E-state index contributed by atoms with van der Waals surface area (Å²) in [6.45, 7) is 4.44. The number of hydrogen-bond donors (Lipinski definition) is 2. The summed E-state index contributed by atoms with van der Waals surface area (Å²) in [6.07, 6.45) is 4.60. The molecule has 1 fully saturated rings. The van der Waals surface area contributed by atoms with Gasteiger partial charge in [0.05, 0.1) is 6.54 Å². The second-order valence-electron chi connectivity index (χ2n) is 4.54. The molecule has 1 aliphatic rings. The highest BCUT2D eigenvalue weighted by Gasteiger charge is 2.29. The second-order valence-corrected chi connectivity index (χ2v) is 4.54. The molecule has 0 aromatic carbocycles. The maximum Gasteiger partial charge on any atom is 0.141 e. The summed E-state index contributed by atoms with van der Waals surface area (Å²) in [4.78, 5) is 6.61. The van der Waals surface area contributed by atoms with Gasteiger partial charge in [-0.3, -0.25) is 4.90 Å². The fraction of sp³-hybridized carbons (Fsp3) is 0.727. The van der Waals surface area contributed by atoms with Crippen LogP contribution >= 0.6 is 0 Å². The Morgan fingerprint density at radius 1 is 1.67 bits per heavy atom. The van der Waals surface area contributed by atoms with Crippen molar-refractivity contribution in [1.29, 1.82) is 0 Å². The van der Waals surface area contributed by atoms with Crippen molar-refractivity contribution in [2.24, 2.45) is 10.9 Å². The molecule has 7 heteroatoms. The maximum absolute atomic E-state index is 8.56. The summed E-state index contributed by atoms with van der Waals surface area (Å²) in [5.41, 5.74) is 5.51. The molecule has 1 aromatic heterocycles. The molecule has 0 spiro atoms. The first-order valence-corrected chi connectivity index (χ1v) is 6.31. The molecule has 100 valence electrons. The first kappa shape index (κ1) is 12.8. The predicted molar refractivity (Wildman–Crippen MR) is 67.2 cm³/mol. The van der Waals surface area contributed by atoms with Gasteiger partial charge in [-0.25, -0.2) is 9.67 Å². The highest BCUT2D eigenvalue weighted by Crippen LogP contribution is 2.28. The van der Waals surface area contributed by atoms with E-state index >= 15 is 0 Å². The molecule has 0 unspecified atom stereocenters. The summed E-state index contributed by atoms with van der Waals surface area (Å²) in [5.74, 6) is 1.25. The van der Waals surface area contributed by atoms with E-state index in [0.717, 1.165) is 25.5 Å². The molecule has 2 rings (SSSR count). The number of aromatic nitrogens is 3. The minimum atomic E-state index is 0.276. The van der Waals surface area contributed by atoms with Crippen LogP contribution in [0, 0.1) is 0 Å². The molecule has 0 aliphatic heterocycles. The van der Waals surface area contributed by atoms with E-state index < -0.39 is 0 Å². The summed E-state index contributed by atoms with van der Waals surface area (Å²) in [6, 6.07) is 0.610. The van der Waals surface area contributed by atoms with Crippen molar-refractivity contribution in [1.82, 2.24) is 19.7 Å². The number of hydrogen-bond acceptors (Lipinski definition) is 5. The molecule has 1 saturated carbocycles. The van der Waals surface area contributed by atoms with Gasteiger partial charge in [0.15, 0.2) is 0 Å². The van der Waals surface area contributed by atoms with Gasteiger partial charge in [-0.15, -0.1) is 0 Å². The zero-order valence-electron chi connectivity index (χ0n) is 10.7. The number of nitrogens with zero attached hydrogens (tertiary/aromatic N) is 5. The fourth-order valence-electron chi connectivity index (χ4n) is 1.99. The molecule has 1 aliphatic carbocycles. The third kappa shape index (κ3) is 3.19. The van der Waals surface area contributed by atoms with Crippen molar-refractivity contribution in [3.63, 3.8) is 0 Å². The molecular formula is C11H20N6O. The molecule has 7 nitrogen and oxygen atoms in total. The van der Waals surface area contributed by atoms with Gasteiger partial charge >= 0.3 is 0 Å². The Hall–Kier alpha value is -1.63. The van der Waals surface area contributed by atoms with E-state index in [1.54, 1.807) is 6.33 Å². The minimum Gasteiger partial charge on any atom is -0.409 e. The maximum atomic E-state index is 8.56. The third-order valence-electron chi connectivity index (χ3n) is 3.19. The first-order chi connectivity index (χ1) is 8.74. The number of amidine groups is 1. The van der Waals surface area contributed by atoms with Crippen molar-refractivity contribution in [3.8, 4) is 0 Å². The van der Waals surface area contributed by atoms with Crippen LogP contribution in [0.1, 0.15) is 32.0 Å². The molecule has 0 radical (unpaired) electrons. The third-order valence-corrected chi connectivity index (χ3v) is 3.19. The van der Waals surface area contributed by atoms with Crippen LogP contribution in [0.4, 0.5) is 0 Å². The SMILES string of the molecule is CCn1ncnc1CN(CCC(N)=NO)C1CC1. The topological polar surface area (TPSA) is 92.6 Å². The van der Waals surface area contributed by atoms with Gasteiger partial charge in [-0.1, -0.05) is 5.16 Å². The quantitative estimate of drug-likeness (QED) is 0.317. The van der Waals surface area contributed by atoms with E-state index in [1.807, 2.05) is 4.68 Å². The summed E-state index contributed by atoms with van der Waals surface area (Å²) >= 11 is 0. The van der Waals surface area contributed by atoms with E-state index in [4.69, 9.17) is 10.9 Å². The number of oxime groups is 1. The molecule has 0 saturated heterocycles. The number of nitrogens with two attached hydrogens (primary N) is 1. The largest absolute Gasteiger partial charge is 0.409 e. The van der Waals surface area contributed by atoms with Crippen LogP contribution < -0.4 is 5.73 Å². The average Bonchev–Trinajstić information content (AvgIpc) is 3.14. The van der Waals surface area contributed by atoms with Gasteiger partial charge in [0, 0.05) is 25.6 Å². The molecule has 1 heterocycles. The normalized spacial score (nSPS) is 16.4. The van der Waals surface area contributed by atoms with Crippen LogP contribution in [0.3, 0.4) is 0 Å². The second kappa shape index (κ2) is 5.81. The van der Waals surface area contributed by atoms with E-state index in [9.17, 15) is 0 Å². The summed E-state index contributed by atoms with van der Waals surface area (Å²) in [5, 5.41) is 15.7. The van der Waals surface area contributed by atoms with Crippen molar-refractivity contribution in [2.45, 2.75) is 45.3 Å². The Bertz CT molecular complexity index is 411. The van der Waals surface area contributed by atoms with E-state index in [1.165, 1.54) is 12.8 Å². The molecule has 0 bridgehead atoms. The first-order valence-electron chi connectivity index (χ1n) is 6.31. The van der Waals surface area contributed by atoms with E-state index in [2.05, 4.69) is 27.1 Å². The van der Waals surface area contributed by atoms with Gasteiger partial charge in [-0.05, 0) is 19.8 Å². The smallest absolute Gasteiger partial charge is 0.141 e. The van der Waals surface area contributed by atoms with E-state index in [-0.39, 0.29) is 5.84 Å². The summed E-state index contributed by atoms with van der Waals surface area (Å²) < 4.78 is 1.90. The van der Waals surface area contributed by atoms with Gasteiger partial charge < -0.3 is 10.9 Å². The van der Waals surface area contributed by atoms with Gasteiger partial charge in [0.2, 0.25) is 0 Å². The predicted octanol–water partition coefficient (Wildman–Crippen LogP) is 0.399. The number of rotatable bonds is 7. The Morgan fingerprint density at radius 3 is 3.06 bits per heavy atom. The molecule has 0 amide bonds.